The van der Waals surface area contributed by atoms with E-state index < -0.39 is 10.9 Å². The number of benzene rings is 1. The maximum absolute atomic E-state index is 11.2. The molecule has 0 saturated heterocycles. The quantitative estimate of drug-likeness (QED) is 0.370. The monoisotopic (exact) mass is 321 g/mol. The fourth-order valence-electron chi connectivity index (χ4n) is 1.32. The van der Waals surface area contributed by atoms with E-state index in [4.69, 9.17) is 11.6 Å². The smallest absolute Gasteiger partial charge is 0.310 e. The predicted octanol–water partition coefficient (Wildman–Crippen LogP) is 2.86. The first-order valence-electron chi connectivity index (χ1n) is 4.58. The third-order valence-electron chi connectivity index (χ3n) is 2.18. The zero-order valence-electron chi connectivity index (χ0n) is 8.91. The van der Waals surface area contributed by atoms with Crippen LogP contribution in [0, 0.1) is 10.1 Å². The van der Waals surface area contributed by atoms with Gasteiger partial charge < -0.3 is 4.74 Å². The minimum absolute atomic E-state index is 0.00569. The summed E-state index contributed by atoms with van der Waals surface area (Å²) in [6, 6.07) is 2.62. The molecule has 0 aliphatic carbocycles. The predicted molar refractivity (Wildman–Crippen MR) is 66.5 cm³/mol. The summed E-state index contributed by atoms with van der Waals surface area (Å²) in [5, 5.41) is 11.2. The molecule has 1 aromatic rings. The van der Waals surface area contributed by atoms with Crippen molar-refractivity contribution in [2.75, 3.05) is 7.11 Å². The number of methoxy groups -OCH3 is 1. The van der Waals surface area contributed by atoms with Gasteiger partial charge in [0.15, 0.2) is 0 Å². The van der Waals surface area contributed by atoms with Gasteiger partial charge >= 0.3 is 5.97 Å². The van der Waals surface area contributed by atoms with Crippen LogP contribution >= 0.6 is 27.5 Å². The van der Waals surface area contributed by atoms with Crippen molar-refractivity contribution in [1.82, 2.24) is 0 Å². The van der Waals surface area contributed by atoms with E-state index in [1.54, 1.807) is 0 Å². The molecule has 1 aromatic carbocycles. The molecule has 0 saturated carbocycles. The number of carbonyl (C=O) groups is 1. The second kappa shape index (κ2) is 5.97. The Morgan fingerprint density at radius 2 is 2.24 bits per heavy atom. The normalized spacial score (nSPS) is 10.1. The average molecular weight is 323 g/mol. The first-order chi connectivity index (χ1) is 7.99. The fraction of sp³-hybridized carbons (Fsp3) is 0.300. The van der Waals surface area contributed by atoms with Crippen molar-refractivity contribution in [3.63, 3.8) is 0 Å². The van der Waals surface area contributed by atoms with Gasteiger partial charge in [0.2, 0.25) is 0 Å². The van der Waals surface area contributed by atoms with E-state index in [1.807, 2.05) is 0 Å². The Morgan fingerprint density at radius 3 is 2.71 bits per heavy atom. The molecular formula is C10H9BrClNO4. The lowest BCUT2D eigenvalue weighted by Gasteiger charge is -2.08. The van der Waals surface area contributed by atoms with Crippen LogP contribution in [0.5, 0.6) is 0 Å². The Hall–Kier alpha value is -1.14. The highest BCUT2D eigenvalue weighted by Gasteiger charge is 2.17. The van der Waals surface area contributed by atoms with Gasteiger partial charge in [-0.2, -0.15) is 0 Å². The number of rotatable bonds is 4. The van der Waals surface area contributed by atoms with Crippen LogP contribution < -0.4 is 0 Å². The van der Waals surface area contributed by atoms with E-state index in [-0.39, 0.29) is 17.1 Å². The molecule has 0 aliphatic rings. The molecular weight excluding hydrogens is 313 g/mol. The summed E-state index contributed by atoms with van der Waals surface area (Å²) in [5.41, 5.74) is 1.05. The highest BCUT2D eigenvalue weighted by Crippen LogP contribution is 2.28. The highest BCUT2D eigenvalue weighted by atomic mass is 79.9. The summed E-state index contributed by atoms with van der Waals surface area (Å²) >= 11 is 9.13. The first-order valence-corrected chi connectivity index (χ1v) is 6.08. The van der Waals surface area contributed by atoms with Crippen LogP contribution in [0.2, 0.25) is 5.02 Å². The van der Waals surface area contributed by atoms with Gasteiger partial charge in [0.25, 0.3) is 5.69 Å². The molecule has 0 spiro atoms. The van der Waals surface area contributed by atoms with E-state index in [1.165, 1.54) is 19.2 Å². The number of ether oxygens (including phenoxy) is 1. The van der Waals surface area contributed by atoms with Crippen molar-refractivity contribution in [3.05, 3.63) is 38.4 Å². The molecule has 0 unspecified atom stereocenters. The van der Waals surface area contributed by atoms with Crippen molar-refractivity contribution < 1.29 is 14.5 Å². The van der Waals surface area contributed by atoms with Crippen molar-refractivity contribution in [2.45, 2.75) is 11.8 Å². The molecule has 0 bridgehead atoms. The standard InChI is InChI=1S/C10H9BrClNO4/c1-17-10(14)4-8-6(5-11)2-7(13(15)16)3-9(8)12/h2-3H,4-5H2,1H3. The molecule has 5 nitrogen and oxygen atoms in total. The molecule has 0 radical (unpaired) electrons. The number of carbonyl (C=O) groups excluding carboxylic acids is 1. The average Bonchev–Trinajstić information content (AvgIpc) is 2.30. The van der Waals surface area contributed by atoms with Crippen LogP contribution in [-0.2, 0) is 21.3 Å². The Morgan fingerprint density at radius 1 is 1.59 bits per heavy atom. The van der Waals surface area contributed by atoms with Crippen molar-refractivity contribution >= 4 is 39.2 Å². The molecule has 92 valence electrons. The number of esters is 1. The second-order valence-electron chi connectivity index (χ2n) is 3.21. The third-order valence-corrected chi connectivity index (χ3v) is 3.12. The van der Waals surface area contributed by atoms with Crippen LogP contribution in [0.25, 0.3) is 0 Å². The van der Waals surface area contributed by atoms with E-state index in [0.29, 0.717) is 16.5 Å². The summed E-state index contributed by atoms with van der Waals surface area (Å²) in [5.74, 6) is -0.442. The van der Waals surface area contributed by atoms with Crippen LogP contribution in [0.1, 0.15) is 11.1 Å². The van der Waals surface area contributed by atoms with Crippen molar-refractivity contribution in [1.29, 1.82) is 0 Å². The fourth-order valence-corrected chi connectivity index (χ4v) is 2.12. The Bertz CT molecular complexity index is 464. The third kappa shape index (κ3) is 3.41. The number of nitro benzene ring substituents is 1. The zero-order chi connectivity index (χ0) is 13.0. The second-order valence-corrected chi connectivity index (χ2v) is 4.18. The first kappa shape index (κ1) is 13.9. The minimum Gasteiger partial charge on any atom is -0.469 e. The molecule has 0 atom stereocenters. The summed E-state index contributed by atoms with van der Waals surface area (Å²) in [7, 11) is 1.27. The number of hydrogen-bond acceptors (Lipinski definition) is 4. The van der Waals surface area contributed by atoms with Gasteiger partial charge in [0, 0.05) is 17.5 Å². The van der Waals surface area contributed by atoms with Gasteiger partial charge in [-0.3, -0.25) is 14.9 Å². The van der Waals surface area contributed by atoms with E-state index in [9.17, 15) is 14.9 Å². The number of alkyl halides is 1. The molecule has 7 heteroatoms. The summed E-state index contributed by atoms with van der Waals surface area (Å²) in [6.07, 6.45) is -0.00569. The van der Waals surface area contributed by atoms with E-state index in [2.05, 4.69) is 20.7 Å². The summed E-state index contributed by atoms with van der Waals surface area (Å²) in [6.45, 7) is 0. The Kier molecular flexibility index (Phi) is 4.89. The largest absolute Gasteiger partial charge is 0.469 e. The Labute approximate surface area is 111 Å². The van der Waals surface area contributed by atoms with Gasteiger partial charge in [-0.25, -0.2) is 0 Å². The van der Waals surface area contributed by atoms with Gasteiger partial charge in [-0.05, 0) is 11.1 Å². The number of halogens is 2. The summed E-state index contributed by atoms with van der Waals surface area (Å²) in [4.78, 5) is 21.3. The lowest BCUT2D eigenvalue weighted by molar-refractivity contribution is -0.384. The maximum Gasteiger partial charge on any atom is 0.310 e. The minimum atomic E-state index is -0.528. The van der Waals surface area contributed by atoms with Gasteiger partial charge in [0.05, 0.1) is 23.5 Å². The molecule has 0 heterocycles. The molecule has 0 amide bonds. The molecule has 0 fully saturated rings. The van der Waals surface area contributed by atoms with Crippen molar-refractivity contribution in [2.24, 2.45) is 0 Å². The lowest BCUT2D eigenvalue weighted by atomic mass is 10.0. The number of nitrogens with zero attached hydrogens (tertiary/aromatic N) is 1. The molecule has 0 aromatic heterocycles. The zero-order valence-corrected chi connectivity index (χ0v) is 11.2. The number of nitro groups is 1. The molecule has 17 heavy (non-hydrogen) atoms. The Balaban J connectivity index is 3.21. The van der Waals surface area contributed by atoms with Gasteiger partial charge in [0.1, 0.15) is 0 Å². The van der Waals surface area contributed by atoms with Crippen LogP contribution in [0.15, 0.2) is 12.1 Å². The van der Waals surface area contributed by atoms with Gasteiger partial charge in [-0.1, -0.05) is 27.5 Å². The molecule has 0 aliphatic heterocycles. The highest BCUT2D eigenvalue weighted by molar-refractivity contribution is 9.08. The van der Waals surface area contributed by atoms with Gasteiger partial charge in [-0.15, -0.1) is 0 Å². The molecule has 0 N–H and O–H groups in total. The van der Waals surface area contributed by atoms with Crippen molar-refractivity contribution in [3.8, 4) is 0 Å². The number of hydrogen-bond donors (Lipinski definition) is 0. The van der Waals surface area contributed by atoms with Crippen LogP contribution in [0.3, 0.4) is 0 Å². The van der Waals surface area contributed by atoms with Crippen LogP contribution in [-0.4, -0.2) is 18.0 Å². The lowest BCUT2D eigenvalue weighted by Crippen LogP contribution is -2.07. The topological polar surface area (TPSA) is 69.4 Å². The number of non-ortho nitro benzene ring substituents is 1. The molecule has 1 rings (SSSR count). The van der Waals surface area contributed by atoms with Crippen LogP contribution in [0.4, 0.5) is 5.69 Å². The van der Waals surface area contributed by atoms with E-state index >= 15 is 0 Å². The van der Waals surface area contributed by atoms with E-state index in [0.717, 1.165) is 0 Å². The maximum atomic E-state index is 11.2. The SMILES string of the molecule is COC(=O)Cc1c(Cl)cc([N+](=O)[O-])cc1CBr. The summed E-state index contributed by atoms with van der Waals surface area (Å²) < 4.78 is 4.54.